The zero-order chi connectivity index (χ0) is 19.6. The Hall–Kier alpha value is -2.09. The molecule has 1 aromatic carbocycles. The third-order valence-electron chi connectivity index (χ3n) is 3.72. The third kappa shape index (κ3) is 10.0. The molecule has 0 aromatic heterocycles. The van der Waals surface area contributed by atoms with Crippen molar-refractivity contribution in [3.63, 3.8) is 0 Å². The first-order valence-corrected chi connectivity index (χ1v) is 10.7. The van der Waals surface area contributed by atoms with Crippen LogP contribution in [0.25, 0.3) is 0 Å². The van der Waals surface area contributed by atoms with E-state index < -0.39 is 9.84 Å². The Bertz CT molecular complexity index is 688. The van der Waals surface area contributed by atoms with E-state index in [2.05, 4.69) is 27.8 Å². The van der Waals surface area contributed by atoms with Crippen LogP contribution in [0.4, 0.5) is 0 Å². The Labute approximate surface area is 156 Å². The number of benzene rings is 1. The van der Waals surface area contributed by atoms with Gasteiger partial charge in [-0.15, -0.1) is 0 Å². The van der Waals surface area contributed by atoms with Gasteiger partial charge in [-0.1, -0.05) is 30.3 Å². The number of nitrogens with one attached hydrogen (secondary N) is 2. The molecule has 0 fully saturated rings. The van der Waals surface area contributed by atoms with E-state index >= 15 is 0 Å². The predicted octanol–water partition coefficient (Wildman–Crippen LogP) is 0.676. The SMILES string of the molecule is CC(CCS(C)(=O)=O)NC(=NCC(=O)N(C)C)NCCc1ccccc1. The van der Waals surface area contributed by atoms with Gasteiger partial charge in [0.1, 0.15) is 16.4 Å². The van der Waals surface area contributed by atoms with Crippen molar-refractivity contribution in [2.45, 2.75) is 25.8 Å². The summed E-state index contributed by atoms with van der Waals surface area (Å²) in [6, 6.07) is 9.98. The molecule has 0 saturated carbocycles. The number of likely N-dealkylation sites (N-methyl/N-ethyl adjacent to an activating group) is 1. The summed E-state index contributed by atoms with van der Waals surface area (Å²) in [4.78, 5) is 17.6. The van der Waals surface area contributed by atoms with E-state index in [9.17, 15) is 13.2 Å². The molecule has 0 heterocycles. The van der Waals surface area contributed by atoms with E-state index in [1.54, 1.807) is 14.1 Å². The lowest BCUT2D eigenvalue weighted by atomic mass is 10.1. The maximum atomic E-state index is 11.8. The van der Waals surface area contributed by atoms with Gasteiger partial charge in [-0.25, -0.2) is 13.4 Å². The van der Waals surface area contributed by atoms with Gasteiger partial charge in [-0.2, -0.15) is 0 Å². The highest BCUT2D eigenvalue weighted by molar-refractivity contribution is 7.90. The van der Waals surface area contributed by atoms with Gasteiger partial charge in [0.25, 0.3) is 0 Å². The first-order valence-electron chi connectivity index (χ1n) is 8.64. The minimum absolute atomic E-state index is 0.0342. The number of carbonyl (C=O) groups excluding carboxylic acids is 1. The fourth-order valence-corrected chi connectivity index (χ4v) is 2.89. The second-order valence-electron chi connectivity index (χ2n) is 6.58. The molecule has 0 saturated heterocycles. The molecule has 146 valence electrons. The molecule has 0 aliphatic rings. The summed E-state index contributed by atoms with van der Waals surface area (Å²) < 4.78 is 22.6. The van der Waals surface area contributed by atoms with Crippen molar-refractivity contribution < 1.29 is 13.2 Å². The zero-order valence-corrected chi connectivity index (χ0v) is 16.8. The van der Waals surface area contributed by atoms with Crippen LogP contribution in [0.15, 0.2) is 35.3 Å². The number of guanidine groups is 1. The maximum absolute atomic E-state index is 11.8. The van der Waals surface area contributed by atoms with Crippen molar-refractivity contribution in [2.75, 3.05) is 39.2 Å². The Morgan fingerprint density at radius 1 is 1.23 bits per heavy atom. The fraction of sp³-hybridized carbons (Fsp3) is 0.556. The summed E-state index contributed by atoms with van der Waals surface area (Å²) in [5, 5.41) is 6.38. The lowest BCUT2D eigenvalue weighted by molar-refractivity contribution is -0.127. The monoisotopic (exact) mass is 382 g/mol. The van der Waals surface area contributed by atoms with Crippen LogP contribution in [0.3, 0.4) is 0 Å². The minimum atomic E-state index is -3.01. The minimum Gasteiger partial charge on any atom is -0.356 e. The lowest BCUT2D eigenvalue weighted by Crippen LogP contribution is -2.44. The van der Waals surface area contributed by atoms with E-state index in [0.29, 0.717) is 18.9 Å². The van der Waals surface area contributed by atoms with Crippen molar-refractivity contribution in [2.24, 2.45) is 4.99 Å². The molecule has 0 bridgehead atoms. The molecule has 1 rings (SSSR count). The number of hydrogen-bond acceptors (Lipinski definition) is 4. The molecule has 1 unspecified atom stereocenters. The van der Waals surface area contributed by atoms with E-state index in [-0.39, 0.29) is 24.2 Å². The molecule has 1 aromatic rings. The number of sulfone groups is 1. The lowest BCUT2D eigenvalue weighted by Gasteiger charge is -2.18. The summed E-state index contributed by atoms with van der Waals surface area (Å²) in [7, 11) is 0.360. The second-order valence-corrected chi connectivity index (χ2v) is 8.84. The van der Waals surface area contributed by atoms with Crippen LogP contribution in [0, 0.1) is 0 Å². The van der Waals surface area contributed by atoms with Crippen LogP contribution in [0.2, 0.25) is 0 Å². The number of rotatable bonds is 9. The number of carbonyl (C=O) groups is 1. The first kappa shape index (κ1) is 22.0. The molecular weight excluding hydrogens is 352 g/mol. The van der Waals surface area contributed by atoms with Gasteiger partial charge in [0.15, 0.2) is 5.96 Å². The molecule has 1 atom stereocenters. The van der Waals surface area contributed by atoms with E-state index in [0.717, 1.165) is 6.42 Å². The van der Waals surface area contributed by atoms with Gasteiger partial charge in [0.2, 0.25) is 5.91 Å². The molecule has 0 aliphatic carbocycles. The van der Waals surface area contributed by atoms with E-state index in [1.165, 1.54) is 16.7 Å². The Kier molecular flexibility index (Phi) is 9.12. The van der Waals surface area contributed by atoms with Crippen LogP contribution < -0.4 is 10.6 Å². The Morgan fingerprint density at radius 3 is 2.46 bits per heavy atom. The molecule has 0 aliphatic heterocycles. The standard InChI is InChI=1S/C18H30N4O3S/c1-15(11-13-26(4,24)25)21-18(20-14-17(23)22(2)3)19-12-10-16-8-6-5-7-9-16/h5-9,15H,10-14H2,1-4H3,(H2,19,20,21). The smallest absolute Gasteiger partial charge is 0.243 e. The van der Waals surface area contributed by atoms with Crippen LogP contribution in [-0.2, 0) is 21.1 Å². The first-order chi connectivity index (χ1) is 12.2. The summed E-state index contributed by atoms with van der Waals surface area (Å²) in [6.07, 6.45) is 2.52. The van der Waals surface area contributed by atoms with Gasteiger partial charge >= 0.3 is 0 Å². The second kappa shape index (κ2) is 10.8. The average molecular weight is 383 g/mol. The molecule has 1 amide bonds. The highest BCUT2D eigenvalue weighted by Gasteiger charge is 2.11. The molecular formula is C18H30N4O3S. The van der Waals surface area contributed by atoms with Crippen LogP contribution in [0.1, 0.15) is 18.9 Å². The molecule has 2 N–H and O–H groups in total. The third-order valence-corrected chi connectivity index (χ3v) is 4.70. The highest BCUT2D eigenvalue weighted by Crippen LogP contribution is 1.99. The highest BCUT2D eigenvalue weighted by atomic mass is 32.2. The van der Waals surface area contributed by atoms with Gasteiger partial charge in [-0.3, -0.25) is 4.79 Å². The predicted molar refractivity (Wildman–Crippen MR) is 106 cm³/mol. The van der Waals surface area contributed by atoms with Crippen molar-refractivity contribution in [3.8, 4) is 0 Å². The fourth-order valence-electron chi connectivity index (χ4n) is 2.11. The van der Waals surface area contributed by atoms with Gasteiger partial charge < -0.3 is 15.5 Å². The summed E-state index contributed by atoms with van der Waals surface area (Å²) >= 11 is 0. The number of nitrogens with zero attached hydrogens (tertiary/aromatic N) is 2. The molecule has 8 heteroatoms. The quantitative estimate of drug-likeness (QED) is 0.484. The molecule has 0 spiro atoms. The van der Waals surface area contributed by atoms with Crippen LogP contribution in [0.5, 0.6) is 0 Å². The maximum Gasteiger partial charge on any atom is 0.243 e. The summed E-state index contributed by atoms with van der Waals surface area (Å²) in [5.74, 6) is 0.518. The largest absolute Gasteiger partial charge is 0.356 e. The zero-order valence-electron chi connectivity index (χ0n) is 16.0. The molecule has 7 nitrogen and oxygen atoms in total. The van der Waals surface area contributed by atoms with Crippen LogP contribution in [-0.4, -0.2) is 70.4 Å². The Balaban J connectivity index is 2.62. The molecule has 0 radical (unpaired) electrons. The van der Waals surface area contributed by atoms with Gasteiger partial charge in [0, 0.05) is 32.9 Å². The number of amides is 1. The topological polar surface area (TPSA) is 90.9 Å². The van der Waals surface area contributed by atoms with Gasteiger partial charge in [-0.05, 0) is 25.3 Å². The van der Waals surface area contributed by atoms with Crippen molar-refractivity contribution >= 4 is 21.7 Å². The van der Waals surface area contributed by atoms with Crippen molar-refractivity contribution in [1.82, 2.24) is 15.5 Å². The van der Waals surface area contributed by atoms with Gasteiger partial charge in [0.05, 0.1) is 5.75 Å². The van der Waals surface area contributed by atoms with Crippen molar-refractivity contribution in [1.29, 1.82) is 0 Å². The summed E-state index contributed by atoms with van der Waals surface area (Å²) in [5.41, 5.74) is 1.20. The summed E-state index contributed by atoms with van der Waals surface area (Å²) in [6.45, 7) is 2.59. The average Bonchev–Trinajstić information content (AvgIpc) is 2.57. The number of aliphatic imine (C=N–C) groups is 1. The normalized spacial score (nSPS) is 13.2. The number of hydrogen-bond donors (Lipinski definition) is 2. The van der Waals surface area contributed by atoms with Crippen molar-refractivity contribution in [3.05, 3.63) is 35.9 Å². The van der Waals surface area contributed by atoms with E-state index in [4.69, 9.17) is 0 Å². The Morgan fingerprint density at radius 2 is 1.88 bits per heavy atom. The van der Waals surface area contributed by atoms with E-state index in [1.807, 2.05) is 25.1 Å². The van der Waals surface area contributed by atoms with Crippen LogP contribution >= 0.6 is 0 Å². The molecule has 26 heavy (non-hydrogen) atoms.